The van der Waals surface area contributed by atoms with Crippen LogP contribution < -0.4 is 0 Å². The summed E-state index contributed by atoms with van der Waals surface area (Å²) in [4.78, 5) is 10.3. The first-order chi connectivity index (χ1) is 3.30. The molecule has 1 atom stereocenters. The van der Waals surface area contributed by atoms with Gasteiger partial charge < -0.3 is 4.74 Å². The molecule has 7 heavy (non-hydrogen) atoms. The Balaban J connectivity index is 2.48. The van der Waals surface area contributed by atoms with Crippen molar-refractivity contribution < 1.29 is 9.53 Å². The third-order valence-electron chi connectivity index (χ3n) is 0.851. The van der Waals surface area contributed by atoms with Crippen molar-refractivity contribution in [1.29, 1.82) is 0 Å². The zero-order chi connectivity index (χ0) is 5.28. The predicted octanol–water partition coefficient (Wildman–Crippen LogP) is 0.622. The monoisotopic (exact) mass is 118 g/mol. The molecule has 0 aromatic heterocycles. The molecule has 0 amide bonds. The standard InChI is InChI=1S/C4H6O2S/c1-3-4(5)6-2-7-3/h3H,2H2,1H3/t3-/m0/s1. The van der Waals surface area contributed by atoms with Crippen molar-refractivity contribution in [2.45, 2.75) is 12.2 Å². The maximum absolute atomic E-state index is 10.3. The van der Waals surface area contributed by atoms with Gasteiger partial charge in [0.2, 0.25) is 0 Å². The second-order valence-electron chi connectivity index (χ2n) is 1.39. The lowest BCUT2D eigenvalue weighted by Crippen LogP contribution is -2.05. The van der Waals surface area contributed by atoms with E-state index < -0.39 is 0 Å². The number of carbonyl (C=O) groups excluding carboxylic acids is 1. The average molecular weight is 118 g/mol. The summed E-state index contributed by atoms with van der Waals surface area (Å²) in [6, 6.07) is 0. The summed E-state index contributed by atoms with van der Waals surface area (Å²) in [6.45, 7) is 1.85. The lowest BCUT2D eigenvalue weighted by atomic mass is 10.5. The van der Waals surface area contributed by atoms with Gasteiger partial charge in [-0.15, -0.1) is 11.8 Å². The van der Waals surface area contributed by atoms with Crippen LogP contribution in [0.15, 0.2) is 0 Å². The molecule has 1 rings (SSSR count). The maximum atomic E-state index is 10.3. The van der Waals surface area contributed by atoms with Crippen LogP contribution >= 0.6 is 11.8 Å². The molecule has 0 spiro atoms. The minimum Gasteiger partial charge on any atom is -0.454 e. The van der Waals surface area contributed by atoms with Crippen LogP contribution in [0.25, 0.3) is 0 Å². The van der Waals surface area contributed by atoms with Crippen LogP contribution in [-0.2, 0) is 9.53 Å². The van der Waals surface area contributed by atoms with E-state index in [0.717, 1.165) is 0 Å². The SMILES string of the molecule is C[C@@H]1SCOC1=O. The molecule has 0 saturated carbocycles. The molecule has 1 aliphatic heterocycles. The van der Waals surface area contributed by atoms with Crippen LogP contribution in [0, 0.1) is 0 Å². The van der Waals surface area contributed by atoms with E-state index in [2.05, 4.69) is 4.74 Å². The van der Waals surface area contributed by atoms with E-state index in [-0.39, 0.29) is 11.2 Å². The second kappa shape index (κ2) is 1.74. The molecule has 0 radical (unpaired) electrons. The highest BCUT2D eigenvalue weighted by Gasteiger charge is 2.21. The molecule has 40 valence electrons. The summed E-state index contributed by atoms with van der Waals surface area (Å²) >= 11 is 1.53. The number of thioether (sulfide) groups is 1. The fraction of sp³-hybridized carbons (Fsp3) is 0.750. The molecule has 3 heteroatoms. The van der Waals surface area contributed by atoms with Gasteiger partial charge in [-0.05, 0) is 6.92 Å². The second-order valence-corrected chi connectivity index (χ2v) is 2.67. The van der Waals surface area contributed by atoms with E-state index in [1.54, 1.807) is 0 Å². The number of hydrogen-bond acceptors (Lipinski definition) is 3. The van der Waals surface area contributed by atoms with Crippen molar-refractivity contribution >= 4 is 17.7 Å². The molecule has 0 N–H and O–H groups in total. The van der Waals surface area contributed by atoms with E-state index in [1.807, 2.05) is 6.92 Å². The Bertz CT molecular complexity index is 91.7. The minimum atomic E-state index is -0.0787. The van der Waals surface area contributed by atoms with Crippen LogP contribution in [0.3, 0.4) is 0 Å². The van der Waals surface area contributed by atoms with Crippen LogP contribution in [0.5, 0.6) is 0 Å². The van der Waals surface area contributed by atoms with Crippen molar-refractivity contribution in [3.63, 3.8) is 0 Å². The van der Waals surface area contributed by atoms with Gasteiger partial charge in [-0.2, -0.15) is 0 Å². The molecule has 2 nitrogen and oxygen atoms in total. The number of ether oxygens (including phenoxy) is 1. The number of rotatable bonds is 0. The van der Waals surface area contributed by atoms with Gasteiger partial charge in [-0.3, -0.25) is 4.79 Å². The topological polar surface area (TPSA) is 26.3 Å². The Labute approximate surface area is 46.2 Å². The van der Waals surface area contributed by atoms with E-state index in [9.17, 15) is 4.79 Å². The quantitative estimate of drug-likeness (QED) is 0.436. The third-order valence-corrected chi connectivity index (χ3v) is 1.80. The molecule has 1 heterocycles. The van der Waals surface area contributed by atoms with Crippen molar-refractivity contribution in [3.05, 3.63) is 0 Å². The average Bonchev–Trinajstić information content (AvgIpc) is 1.91. The number of carbonyl (C=O) groups is 1. The zero-order valence-electron chi connectivity index (χ0n) is 4.01. The van der Waals surface area contributed by atoms with Crippen molar-refractivity contribution in [1.82, 2.24) is 0 Å². The molecule has 1 aliphatic rings. The third kappa shape index (κ3) is 0.881. The smallest absolute Gasteiger partial charge is 0.319 e. The normalized spacial score (nSPS) is 30.4. The lowest BCUT2D eigenvalue weighted by Gasteiger charge is -1.87. The van der Waals surface area contributed by atoms with Crippen LogP contribution in [0.1, 0.15) is 6.92 Å². The highest BCUT2D eigenvalue weighted by Crippen LogP contribution is 2.18. The van der Waals surface area contributed by atoms with Gasteiger partial charge >= 0.3 is 5.97 Å². The summed E-state index contributed by atoms with van der Waals surface area (Å²) in [5, 5.41) is 0.0694. The molecule has 0 aromatic carbocycles. The van der Waals surface area contributed by atoms with Gasteiger partial charge in [0.05, 0.1) is 0 Å². The Morgan fingerprint density at radius 2 is 2.71 bits per heavy atom. The maximum Gasteiger partial charge on any atom is 0.319 e. The van der Waals surface area contributed by atoms with Crippen molar-refractivity contribution in [2.75, 3.05) is 5.94 Å². The Hall–Kier alpha value is -0.180. The highest BCUT2D eigenvalue weighted by molar-refractivity contribution is 8.00. The number of hydrogen-bond donors (Lipinski definition) is 0. The molecule has 0 aromatic rings. The first kappa shape index (κ1) is 4.97. The van der Waals surface area contributed by atoms with Crippen LogP contribution in [-0.4, -0.2) is 17.2 Å². The van der Waals surface area contributed by atoms with Gasteiger partial charge in [0, 0.05) is 0 Å². The summed E-state index contributed by atoms with van der Waals surface area (Å²) in [7, 11) is 0. The van der Waals surface area contributed by atoms with Crippen molar-refractivity contribution in [2.24, 2.45) is 0 Å². The van der Waals surface area contributed by atoms with E-state index >= 15 is 0 Å². The molecule has 1 saturated heterocycles. The van der Waals surface area contributed by atoms with E-state index in [0.29, 0.717) is 5.94 Å². The molecule has 1 fully saturated rings. The zero-order valence-corrected chi connectivity index (χ0v) is 4.83. The summed E-state index contributed by atoms with van der Waals surface area (Å²) in [5.41, 5.74) is 0. The highest BCUT2D eigenvalue weighted by atomic mass is 32.2. The van der Waals surface area contributed by atoms with Gasteiger partial charge in [-0.25, -0.2) is 0 Å². The number of cyclic esters (lactones) is 1. The molecule has 0 aliphatic carbocycles. The van der Waals surface area contributed by atoms with Gasteiger partial charge in [0.15, 0.2) is 0 Å². The minimum absolute atomic E-state index is 0.0694. The summed E-state index contributed by atoms with van der Waals surface area (Å²) in [5.74, 6) is 0.463. The van der Waals surface area contributed by atoms with Crippen LogP contribution in [0.4, 0.5) is 0 Å². The van der Waals surface area contributed by atoms with Gasteiger partial charge in [-0.1, -0.05) is 0 Å². The van der Waals surface area contributed by atoms with Gasteiger partial charge in [0.1, 0.15) is 11.2 Å². The van der Waals surface area contributed by atoms with Crippen LogP contribution in [0.2, 0.25) is 0 Å². The van der Waals surface area contributed by atoms with E-state index in [4.69, 9.17) is 0 Å². The van der Waals surface area contributed by atoms with Crippen molar-refractivity contribution in [3.8, 4) is 0 Å². The predicted molar refractivity (Wildman–Crippen MR) is 28.0 cm³/mol. The van der Waals surface area contributed by atoms with Gasteiger partial charge in [0.25, 0.3) is 0 Å². The lowest BCUT2D eigenvalue weighted by molar-refractivity contribution is -0.138. The Morgan fingerprint density at radius 1 is 2.00 bits per heavy atom. The molecular weight excluding hydrogens is 112 g/mol. The molecule has 0 bridgehead atoms. The Kier molecular flexibility index (Phi) is 1.23. The summed E-state index contributed by atoms with van der Waals surface area (Å²) in [6.07, 6.45) is 0. The first-order valence-electron chi connectivity index (χ1n) is 2.09. The fourth-order valence-corrected chi connectivity index (χ4v) is 0.972. The Morgan fingerprint density at radius 3 is 2.86 bits per heavy atom. The summed E-state index contributed by atoms with van der Waals surface area (Å²) < 4.78 is 4.59. The fourth-order valence-electron chi connectivity index (χ4n) is 0.380. The van der Waals surface area contributed by atoms with E-state index in [1.165, 1.54) is 11.8 Å². The first-order valence-corrected chi connectivity index (χ1v) is 3.14. The largest absolute Gasteiger partial charge is 0.454 e. The molecule has 0 unspecified atom stereocenters. The molecular formula is C4H6O2S. The number of esters is 1.